The first-order valence-corrected chi connectivity index (χ1v) is 4.59. The molecule has 0 amide bonds. The standard InChI is InChI=1S/C10H18O2/c1-7(2)11-9-5-6-10(9)12-8(3)4/h5-10H,1-4H3/t9-,10+. The van der Waals surface area contributed by atoms with E-state index >= 15 is 0 Å². The number of hydrogen-bond donors (Lipinski definition) is 0. The van der Waals surface area contributed by atoms with Crippen molar-refractivity contribution in [3.05, 3.63) is 12.2 Å². The lowest BCUT2D eigenvalue weighted by Crippen LogP contribution is -2.38. The maximum atomic E-state index is 5.59. The highest BCUT2D eigenvalue weighted by atomic mass is 16.6. The number of rotatable bonds is 4. The minimum absolute atomic E-state index is 0.174. The van der Waals surface area contributed by atoms with Gasteiger partial charge >= 0.3 is 0 Å². The smallest absolute Gasteiger partial charge is 0.106 e. The minimum Gasteiger partial charge on any atom is -0.368 e. The van der Waals surface area contributed by atoms with Crippen LogP contribution < -0.4 is 0 Å². The molecule has 2 atom stereocenters. The lowest BCUT2D eigenvalue weighted by molar-refractivity contribution is -0.0839. The van der Waals surface area contributed by atoms with Crippen LogP contribution in [0.5, 0.6) is 0 Å². The van der Waals surface area contributed by atoms with Gasteiger partial charge in [0, 0.05) is 0 Å². The molecule has 12 heavy (non-hydrogen) atoms. The van der Waals surface area contributed by atoms with E-state index in [0.717, 1.165) is 0 Å². The van der Waals surface area contributed by atoms with Crippen molar-refractivity contribution in [3.8, 4) is 0 Å². The van der Waals surface area contributed by atoms with Gasteiger partial charge in [-0.05, 0) is 27.7 Å². The molecule has 0 unspecified atom stereocenters. The summed E-state index contributed by atoms with van der Waals surface area (Å²) in [6.07, 6.45) is 5.00. The first-order valence-electron chi connectivity index (χ1n) is 4.59. The molecule has 0 saturated heterocycles. The Morgan fingerprint density at radius 3 is 1.33 bits per heavy atom. The molecule has 0 spiro atoms. The summed E-state index contributed by atoms with van der Waals surface area (Å²) in [5, 5.41) is 0. The van der Waals surface area contributed by atoms with Crippen LogP contribution in [-0.2, 0) is 9.47 Å². The topological polar surface area (TPSA) is 18.5 Å². The van der Waals surface area contributed by atoms with Crippen LogP contribution in [0.4, 0.5) is 0 Å². The van der Waals surface area contributed by atoms with Gasteiger partial charge in [-0.1, -0.05) is 12.2 Å². The van der Waals surface area contributed by atoms with E-state index in [1.165, 1.54) is 0 Å². The zero-order valence-electron chi connectivity index (χ0n) is 8.28. The number of hydrogen-bond acceptors (Lipinski definition) is 2. The molecular weight excluding hydrogens is 152 g/mol. The van der Waals surface area contributed by atoms with Crippen molar-refractivity contribution >= 4 is 0 Å². The van der Waals surface area contributed by atoms with E-state index in [1.807, 2.05) is 39.8 Å². The molecule has 0 aliphatic heterocycles. The van der Waals surface area contributed by atoms with Gasteiger partial charge in [0.05, 0.1) is 12.2 Å². The van der Waals surface area contributed by atoms with Crippen LogP contribution in [0, 0.1) is 0 Å². The van der Waals surface area contributed by atoms with Crippen molar-refractivity contribution in [1.82, 2.24) is 0 Å². The van der Waals surface area contributed by atoms with E-state index < -0.39 is 0 Å². The van der Waals surface area contributed by atoms with Crippen LogP contribution in [0.25, 0.3) is 0 Å². The fourth-order valence-corrected chi connectivity index (χ4v) is 1.17. The van der Waals surface area contributed by atoms with Crippen LogP contribution in [0.2, 0.25) is 0 Å². The molecule has 0 N–H and O–H groups in total. The molecule has 0 heterocycles. The summed E-state index contributed by atoms with van der Waals surface area (Å²) in [5.74, 6) is 0. The Bertz CT molecular complexity index is 143. The first kappa shape index (κ1) is 9.75. The SMILES string of the molecule is CC(C)O[C@H]1C=C[C@H]1OC(C)C. The van der Waals surface area contributed by atoms with E-state index in [0.29, 0.717) is 0 Å². The zero-order chi connectivity index (χ0) is 9.14. The summed E-state index contributed by atoms with van der Waals surface area (Å²) in [4.78, 5) is 0. The monoisotopic (exact) mass is 170 g/mol. The second kappa shape index (κ2) is 4.06. The fraction of sp³-hybridized carbons (Fsp3) is 0.800. The Hall–Kier alpha value is -0.340. The average molecular weight is 170 g/mol. The van der Waals surface area contributed by atoms with E-state index in [1.54, 1.807) is 0 Å². The van der Waals surface area contributed by atoms with Gasteiger partial charge in [-0.2, -0.15) is 0 Å². The normalized spacial score (nSPS) is 28.2. The summed E-state index contributed by atoms with van der Waals surface area (Å²) in [6.45, 7) is 8.16. The third kappa shape index (κ3) is 2.61. The molecule has 0 bridgehead atoms. The van der Waals surface area contributed by atoms with Crippen LogP contribution in [0.1, 0.15) is 27.7 Å². The van der Waals surface area contributed by atoms with Crippen molar-refractivity contribution in [2.45, 2.75) is 52.1 Å². The van der Waals surface area contributed by atoms with Crippen molar-refractivity contribution in [1.29, 1.82) is 0 Å². The predicted octanol–water partition coefficient (Wildman–Crippen LogP) is 2.14. The number of ether oxygens (including phenoxy) is 2. The maximum Gasteiger partial charge on any atom is 0.106 e. The van der Waals surface area contributed by atoms with Gasteiger partial charge in [0.15, 0.2) is 0 Å². The first-order chi connectivity index (χ1) is 5.59. The molecule has 0 aromatic rings. The van der Waals surface area contributed by atoms with Gasteiger partial charge in [0.1, 0.15) is 12.2 Å². The van der Waals surface area contributed by atoms with Gasteiger partial charge in [-0.3, -0.25) is 0 Å². The molecule has 70 valence electrons. The Morgan fingerprint density at radius 2 is 1.17 bits per heavy atom. The van der Waals surface area contributed by atoms with Crippen LogP contribution in [0.3, 0.4) is 0 Å². The zero-order valence-corrected chi connectivity index (χ0v) is 8.28. The van der Waals surface area contributed by atoms with Crippen molar-refractivity contribution < 1.29 is 9.47 Å². The van der Waals surface area contributed by atoms with Gasteiger partial charge in [-0.15, -0.1) is 0 Å². The molecule has 0 fully saturated rings. The molecule has 2 nitrogen and oxygen atoms in total. The van der Waals surface area contributed by atoms with Crippen molar-refractivity contribution in [2.75, 3.05) is 0 Å². The maximum absolute atomic E-state index is 5.59. The van der Waals surface area contributed by atoms with Crippen molar-refractivity contribution in [2.24, 2.45) is 0 Å². The molecular formula is C10H18O2. The molecule has 0 aromatic heterocycles. The quantitative estimate of drug-likeness (QED) is 0.602. The summed E-state index contributed by atoms with van der Waals surface area (Å²) >= 11 is 0. The lowest BCUT2D eigenvalue weighted by Gasteiger charge is -2.32. The minimum atomic E-state index is 0.174. The second-order valence-electron chi connectivity index (χ2n) is 3.68. The molecule has 2 heteroatoms. The van der Waals surface area contributed by atoms with Gasteiger partial charge in [-0.25, -0.2) is 0 Å². The van der Waals surface area contributed by atoms with Crippen LogP contribution >= 0.6 is 0 Å². The van der Waals surface area contributed by atoms with Gasteiger partial charge in [0.25, 0.3) is 0 Å². The largest absolute Gasteiger partial charge is 0.368 e. The predicted molar refractivity (Wildman–Crippen MR) is 49.2 cm³/mol. The highest BCUT2D eigenvalue weighted by Crippen LogP contribution is 2.20. The van der Waals surface area contributed by atoms with Gasteiger partial charge in [0.2, 0.25) is 0 Å². The lowest BCUT2D eigenvalue weighted by atomic mass is 10.0. The molecule has 1 aliphatic rings. The molecule has 0 aromatic carbocycles. The Labute approximate surface area is 74.6 Å². The molecule has 1 rings (SSSR count). The summed E-state index contributed by atoms with van der Waals surface area (Å²) < 4.78 is 11.2. The highest BCUT2D eigenvalue weighted by Gasteiger charge is 2.27. The Kier molecular flexibility index (Phi) is 3.29. The third-order valence-corrected chi connectivity index (χ3v) is 1.67. The summed E-state index contributed by atoms with van der Waals surface area (Å²) in [6, 6.07) is 0. The third-order valence-electron chi connectivity index (χ3n) is 1.67. The van der Waals surface area contributed by atoms with Crippen LogP contribution in [0.15, 0.2) is 12.2 Å². The second-order valence-corrected chi connectivity index (χ2v) is 3.68. The van der Waals surface area contributed by atoms with E-state index in [-0.39, 0.29) is 24.4 Å². The van der Waals surface area contributed by atoms with E-state index in [9.17, 15) is 0 Å². The average Bonchev–Trinajstić information content (AvgIpc) is 1.93. The molecule has 1 aliphatic carbocycles. The summed E-state index contributed by atoms with van der Waals surface area (Å²) in [7, 11) is 0. The van der Waals surface area contributed by atoms with E-state index in [4.69, 9.17) is 9.47 Å². The summed E-state index contributed by atoms with van der Waals surface area (Å²) in [5.41, 5.74) is 0. The highest BCUT2D eigenvalue weighted by molar-refractivity contribution is 5.13. The van der Waals surface area contributed by atoms with Gasteiger partial charge < -0.3 is 9.47 Å². The van der Waals surface area contributed by atoms with Crippen molar-refractivity contribution in [3.63, 3.8) is 0 Å². The van der Waals surface area contributed by atoms with Crippen LogP contribution in [-0.4, -0.2) is 24.4 Å². The molecule has 0 saturated carbocycles. The Balaban J connectivity index is 2.26. The Morgan fingerprint density at radius 1 is 0.833 bits per heavy atom. The van der Waals surface area contributed by atoms with E-state index in [2.05, 4.69) is 0 Å². The fourth-order valence-electron chi connectivity index (χ4n) is 1.17. The molecule has 0 radical (unpaired) electrons.